The van der Waals surface area contributed by atoms with Crippen LogP contribution in [0.25, 0.3) is 6.08 Å². The summed E-state index contributed by atoms with van der Waals surface area (Å²) in [7, 11) is 1.56. The molecular formula is C22H24N2O3. The highest BCUT2D eigenvalue weighted by molar-refractivity contribution is 6.10. The Morgan fingerprint density at radius 2 is 2.00 bits per heavy atom. The molecule has 2 aromatic carbocycles. The molecule has 0 fully saturated rings. The molecule has 5 heteroatoms. The van der Waals surface area contributed by atoms with Crippen molar-refractivity contribution in [2.24, 2.45) is 0 Å². The molecule has 0 aromatic heterocycles. The number of ether oxygens (including phenoxy) is 2. The second kappa shape index (κ2) is 9.44. The molecule has 0 spiro atoms. The Kier molecular flexibility index (Phi) is 7.01. The Bertz CT molecular complexity index is 895. The van der Waals surface area contributed by atoms with Crippen LogP contribution in [-0.4, -0.2) is 19.6 Å². The van der Waals surface area contributed by atoms with Crippen LogP contribution >= 0.6 is 0 Å². The number of rotatable bonds is 7. The van der Waals surface area contributed by atoms with Gasteiger partial charge < -0.3 is 14.8 Å². The van der Waals surface area contributed by atoms with Gasteiger partial charge in [-0.05, 0) is 61.2 Å². The molecule has 0 heterocycles. The molecule has 140 valence electrons. The van der Waals surface area contributed by atoms with Crippen LogP contribution in [0.15, 0.2) is 42.0 Å². The van der Waals surface area contributed by atoms with E-state index in [0.29, 0.717) is 29.4 Å². The minimum atomic E-state index is -0.448. The Balaban J connectivity index is 2.25. The van der Waals surface area contributed by atoms with Crippen molar-refractivity contribution < 1.29 is 14.3 Å². The Morgan fingerprint density at radius 1 is 1.22 bits per heavy atom. The highest BCUT2D eigenvalue weighted by atomic mass is 16.5. The quantitative estimate of drug-likeness (QED) is 0.573. The molecule has 1 amide bonds. The van der Waals surface area contributed by atoms with Crippen molar-refractivity contribution in [2.45, 2.75) is 27.2 Å². The number of hydrogen-bond donors (Lipinski definition) is 1. The van der Waals surface area contributed by atoms with Crippen LogP contribution in [0, 0.1) is 25.2 Å². The van der Waals surface area contributed by atoms with Crippen LogP contribution in [0.1, 0.15) is 30.0 Å². The van der Waals surface area contributed by atoms with Gasteiger partial charge in [-0.3, -0.25) is 4.79 Å². The standard InChI is InChI=1S/C22H24N2O3/c1-5-11-27-20-10-9-17(13-21(20)26-4)12-18(14-23)22(25)24-19-8-6-7-15(2)16(19)3/h6-10,12-13H,5,11H2,1-4H3,(H,24,25)/b18-12+. The summed E-state index contributed by atoms with van der Waals surface area (Å²) in [6.45, 7) is 6.52. The summed E-state index contributed by atoms with van der Waals surface area (Å²) in [5, 5.41) is 12.2. The molecule has 0 saturated carbocycles. The lowest BCUT2D eigenvalue weighted by atomic mass is 10.1. The zero-order valence-corrected chi connectivity index (χ0v) is 16.1. The molecule has 0 saturated heterocycles. The summed E-state index contributed by atoms with van der Waals surface area (Å²) >= 11 is 0. The predicted molar refractivity (Wildman–Crippen MR) is 107 cm³/mol. The SMILES string of the molecule is CCCOc1ccc(/C=C(\C#N)C(=O)Nc2cccc(C)c2C)cc1OC. The van der Waals surface area contributed by atoms with Gasteiger partial charge in [0.05, 0.1) is 13.7 Å². The summed E-state index contributed by atoms with van der Waals surface area (Å²) in [5.41, 5.74) is 3.44. The van der Waals surface area contributed by atoms with E-state index in [-0.39, 0.29) is 5.57 Å². The van der Waals surface area contributed by atoms with Crippen LogP contribution < -0.4 is 14.8 Å². The van der Waals surface area contributed by atoms with Crippen LogP contribution in [0.5, 0.6) is 11.5 Å². The molecular weight excluding hydrogens is 340 g/mol. The van der Waals surface area contributed by atoms with Crippen molar-refractivity contribution in [2.75, 3.05) is 19.0 Å². The van der Waals surface area contributed by atoms with Crippen molar-refractivity contribution >= 4 is 17.7 Å². The second-order valence-electron chi connectivity index (χ2n) is 6.13. The second-order valence-corrected chi connectivity index (χ2v) is 6.13. The van der Waals surface area contributed by atoms with Gasteiger partial charge in [0.1, 0.15) is 11.6 Å². The molecule has 5 nitrogen and oxygen atoms in total. The molecule has 2 rings (SSSR count). The number of nitrogens with zero attached hydrogens (tertiary/aromatic N) is 1. The molecule has 1 N–H and O–H groups in total. The number of anilines is 1. The fourth-order valence-corrected chi connectivity index (χ4v) is 2.50. The highest BCUT2D eigenvalue weighted by Gasteiger charge is 2.12. The van der Waals surface area contributed by atoms with Crippen molar-refractivity contribution in [3.8, 4) is 17.6 Å². The van der Waals surface area contributed by atoms with Gasteiger partial charge in [-0.25, -0.2) is 0 Å². The van der Waals surface area contributed by atoms with Crippen LogP contribution in [0.2, 0.25) is 0 Å². The molecule has 0 unspecified atom stereocenters. The average molecular weight is 364 g/mol. The number of methoxy groups -OCH3 is 1. The van der Waals surface area contributed by atoms with Crippen LogP contribution in [0.3, 0.4) is 0 Å². The van der Waals surface area contributed by atoms with E-state index < -0.39 is 5.91 Å². The van der Waals surface area contributed by atoms with Gasteiger partial charge in [0.15, 0.2) is 11.5 Å². The van der Waals surface area contributed by atoms with Gasteiger partial charge in [0, 0.05) is 5.69 Å². The summed E-state index contributed by atoms with van der Waals surface area (Å²) in [4.78, 5) is 12.5. The van der Waals surface area contributed by atoms with E-state index in [1.54, 1.807) is 25.3 Å². The zero-order chi connectivity index (χ0) is 19.8. The lowest BCUT2D eigenvalue weighted by molar-refractivity contribution is -0.112. The smallest absolute Gasteiger partial charge is 0.266 e. The molecule has 0 aliphatic carbocycles. The Morgan fingerprint density at radius 3 is 2.67 bits per heavy atom. The number of aryl methyl sites for hydroxylation is 1. The summed E-state index contributed by atoms with van der Waals surface area (Å²) < 4.78 is 11.0. The number of carbonyl (C=O) groups excluding carboxylic acids is 1. The third-order valence-corrected chi connectivity index (χ3v) is 4.18. The van der Waals surface area contributed by atoms with E-state index in [9.17, 15) is 10.1 Å². The Hall–Kier alpha value is -3.26. The lowest BCUT2D eigenvalue weighted by Gasteiger charge is -2.11. The first-order valence-corrected chi connectivity index (χ1v) is 8.80. The molecule has 0 radical (unpaired) electrons. The van der Waals surface area contributed by atoms with E-state index in [0.717, 1.165) is 17.5 Å². The van der Waals surface area contributed by atoms with Gasteiger partial charge in [0.25, 0.3) is 5.91 Å². The van der Waals surface area contributed by atoms with E-state index in [4.69, 9.17) is 9.47 Å². The maximum atomic E-state index is 12.5. The van der Waals surface area contributed by atoms with Crippen molar-refractivity contribution in [1.29, 1.82) is 5.26 Å². The first-order valence-electron chi connectivity index (χ1n) is 8.80. The number of amides is 1. The zero-order valence-electron chi connectivity index (χ0n) is 16.1. The van der Waals surface area contributed by atoms with Crippen LogP contribution in [0.4, 0.5) is 5.69 Å². The minimum absolute atomic E-state index is 0.0141. The topological polar surface area (TPSA) is 71.3 Å². The van der Waals surface area contributed by atoms with Crippen molar-refractivity contribution in [3.05, 3.63) is 58.7 Å². The van der Waals surface area contributed by atoms with E-state index in [1.165, 1.54) is 6.08 Å². The molecule has 2 aromatic rings. The molecule has 27 heavy (non-hydrogen) atoms. The van der Waals surface area contributed by atoms with Gasteiger partial charge in [-0.15, -0.1) is 0 Å². The normalized spacial score (nSPS) is 10.9. The van der Waals surface area contributed by atoms with Crippen LogP contribution in [-0.2, 0) is 4.79 Å². The van der Waals surface area contributed by atoms with Gasteiger partial charge in [0.2, 0.25) is 0 Å². The van der Waals surface area contributed by atoms with Crippen molar-refractivity contribution in [1.82, 2.24) is 0 Å². The van der Waals surface area contributed by atoms with Gasteiger partial charge in [-0.2, -0.15) is 5.26 Å². The Labute approximate surface area is 160 Å². The van der Waals surface area contributed by atoms with E-state index in [2.05, 4.69) is 5.32 Å². The van der Waals surface area contributed by atoms with E-state index >= 15 is 0 Å². The number of carbonyl (C=O) groups is 1. The maximum Gasteiger partial charge on any atom is 0.266 e. The first kappa shape index (κ1) is 20.1. The number of nitriles is 1. The maximum absolute atomic E-state index is 12.5. The predicted octanol–water partition coefficient (Wildman–Crippen LogP) is 4.65. The fraction of sp³-hybridized carbons (Fsp3) is 0.273. The third-order valence-electron chi connectivity index (χ3n) is 4.18. The summed E-state index contributed by atoms with van der Waals surface area (Å²) in [6, 6.07) is 12.9. The minimum Gasteiger partial charge on any atom is -0.493 e. The number of nitrogens with one attached hydrogen (secondary N) is 1. The molecule has 0 atom stereocenters. The molecule has 0 aliphatic heterocycles. The number of hydrogen-bond acceptors (Lipinski definition) is 4. The van der Waals surface area contributed by atoms with Gasteiger partial charge in [-0.1, -0.05) is 25.1 Å². The van der Waals surface area contributed by atoms with Gasteiger partial charge >= 0.3 is 0 Å². The summed E-state index contributed by atoms with van der Waals surface area (Å²) in [5.74, 6) is 0.746. The monoisotopic (exact) mass is 364 g/mol. The third kappa shape index (κ3) is 5.11. The fourth-order valence-electron chi connectivity index (χ4n) is 2.50. The highest BCUT2D eigenvalue weighted by Crippen LogP contribution is 2.29. The molecule has 0 aliphatic rings. The number of benzene rings is 2. The van der Waals surface area contributed by atoms with Crippen molar-refractivity contribution in [3.63, 3.8) is 0 Å². The van der Waals surface area contributed by atoms with E-state index in [1.807, 2.05) is 45.0 Å². The summed E-state index contributed by atoms with van der Waals surface area (Å²) in [6.07, 6.45) is 2.43. The first-order chi connectivity index (χ1) is 13.0. The largest absolute Gasteiger partial charge is 0.493 e. The average Bonchev–Trinajstić information content (AvgIpc) is 2.68. The lowest BCUT2D eigenvalue weighted by Crippen LogP contribution is -2.14. The molecule has 0 bridgehead atoms.